The summed E-state index contributed by atoms with van der Waals surface area (Å²) in [7, 11) is 0. The molecule has 0 bridgehead atoms. The lowest BCUT2D eigenvalue weighted by molar-refractivity contribution is 0.242. The lowest BCUT2D eigenvalue weighted by atomic mass is 10.1. The maximum Gasteiger partial charge on any atom is 0.344 e. The minimum absolute atomic E-state index is 0.0876. The summed E-state index contributed by atoms with van der Waals surface area (Å²) in [5, 5.41) is 2.43. The standard InChI is InChI=1S/C16H14O3/c1-10(2)18-11-7-8-13-12-5-3-4-6-14(12)16(17)19-15(13)9-11/h3-10H,1-2H3. The quantitative estimate of drug-likeness (QED) is 0.516. The van der Waals surface area contributed by atoms with Gasteiger partial charge in [-0.15, -0.1) is 0 Å². The Labute approximate surface area is 110 Å². The van der Waals surface area contributed by atoms with Crippen LogP contribution in [-0.4, -0.2) is 6.10 Å². The van der Waals surface area contributed by atoms with Crippen molar-refractivity contribution in [3.05, 3.63) is 52.9 Å². The van der Waals surface area contributed by atoms with Gasteiger partial charge in [-0.3, -0.25) is 0 Å². The number of hydrogen-bond acceptors (Lipinski definition) is 3. The Morgan fingerprint density at radius 1 is 1.00 bits per heavy atom. The van der Waals surface area contributed by atoms with Crippen molar-refractivity contribution >= 4 is 21.7 Å². The second-order valence-corrected chi connectivity index (χ2v) is 4.76. The minimum atomic E-state index is -0.315. The fourth-order valence-corrected chi connectivity index (χ4v) is 2.21. The second kappa shape index (κ2) is 4.43. The highest BCUT2D eigenvalue weighted by atomic mass is 16.5. The lowest BCUT2D eigenvalue weighted by Crippen LogP contribution is -2.05. The van der Waals surface area contributed by atoms with Crippen LogP contribution in [0.25, 0.3) is 21.7 Å². The Bertz CT molecular complexity index is 800. The molecule has 96 valence electrons. The predicted octanol–water partition coefficient (Wildman–Crippen LogP) is 3.73. The lowest BCUT2D eigenvalue weighted by Gasteiger charge is -2.10. The summed E-state index contributed by atoms with van der Waals surface area (Å²) in [6.45, 7) is 3.92. The molecule has 0 radical (unpaired) electrons. The number of benzene rings is 2. The first-order chi connectivity index (χ1) is 9.15. The van der Waals surface area contributed by atoms with E-state index in [-0.39, 0.29) is 11.7 Å². The molecule has 0 aliphatic heterocycles. The molecule has 0 saturated carbocycles. The number of ether oxygens (including phenoxy) is 1. The Morgan fingerprint density at radius 2 is 1.74 bits per heavy atom. The third-order valence-electron chi connectivity index (χ3n) is 2.96. The summed E-state index contributed by atoms with van der Waals surface area (Å²) < 4.78 is 11.0. The van der Waals surface area contributed by atoms with Gasteiger partial charge >= 0.3 is 5.63 Å². The molecule has 0 amide bonds. The molecule has 3 heteroatoms. The van der Waals surface area contributed by atoms with E-state index in [1.54, 1.807) is 12.1 Å². The van der Waals surface area contributed by atoms with Gasteiger partial charge in [-0.25, -0.2) is 4.79 Å². The van der Waals surface area contributed by atoms with Crippen LogP contribution in [0.15, 0.2) is 51.7 Å². The smallest absolute Gasteiger partial charge is 0.344 e. The highest BCUT2D eigenvalue weighted by molar-refractivity contribution is 6.04. The van der Waals surface area contributed by atoms with Gasteiger partial charge in [0.05, 0.1) is 11.5 Å². The summed E-state index contributed by atoms with van der Waals surface area (Å²) in [4.78, 5) is 11.9. The van der Waals surface area contributed by atoms with Crippen LogP contribution in [-0.2, 0) is 0 Å². The average Bonchev–Trinajstić information content (AvgIpc) is 2.38. The van der Waals surface area contributed by atoms with Gasteiger partial charge in [0.1, 0.15) is 11.3 Å². The summed E-state index contributed by atoms with van der Waals surface area (Å²) in [5.41, 5.74) is 0.242. The van der Waals surface area contributed by atoms with E-state index in [2.05, 4.69) is 0 Å². The van der Waals surface area contributed by atoms with E-state index in [4.69, 9.17) is 9.15 Å². The minimum Gasteiger partial charge on any atom is -0.491 e. The molecular weight excluding hydrogens is 240 g/mol. The normalized spacial score (nSPS) is 11.3. The molecule has 1 aromatic heterocycles. The largest absolute Gasteiger partial charge is 0.491 e. The van der Waals surface area contributed by atoms with E-state index in [1.165, 1.54) is 0 Å². The molecule has 3 rings (SSSR count). The summed E-state index contributed by atoms with van der Waals surface area (Å²) in [6, 6.07) is 13.0. The first-order valence-corrected chi connectivity index (χ1v) is 6.27. The monoisotopic (exact) mass is 254 g/mol. The topological polar surface area (TPSA) is 39.4 Å². The van der Waals surface area contributed by atoms with Gasteiger partial charge in [0.2, 0.25) is 0 Å². The zero-order chi connectivity index (χ0) is 13.4. The second-order valence-electron chi connectivity index (χ2n) is 4.76. The Kier molecular flexibility index (Phi) is 2.75. The Morgan fingerprint density at radius 3 is 2.47 bits per heavy atom. The fraction of sp³-hybridized carbons (Fsp3) is 0.188. The molecule has 0 aliphatic rings. The van der Waals surface area contributed by atoms with Crippen molar-refractivity contribution in [2.45, 2.75) is 20.0 Å². The number of rotatable bonds is 2. The van der Waals surface area contributed by atoms with Crippen molar-refractivity contribution in [1.82, 2.24) is 0 Å². The van der Waals surface area contributed by atoms with Gasteiger partial charge in [-0.05, 0) is 37.4 Å². The van der Waals surface area contributed by atoms with E-state index < -0.39 is 0 Å². The first kappa shape index (κ1) is 11.8. The van der Waals surface area contributed by atoms with Crippen LogP contribution in [0.4, 0.5) is 0 Å². The zero-order valence-electron chi connectivity index (χ0n) is 10.8. The molecule has 0 aliphatic carbocycles. The molecule has 1 heterocycles. The molecule has 0 saturated heterocycles. The predicted molar refractivity (Wildman–Crippen MR) is 75.8 cm³/mol. The van der Waals surface area contributed by atoms with Crippen molar-refractivity contribution in [2.75, 3.05) is 0 Å². The van der Waals surface area contributed by atoms with Crippen LogP contribution in [0, 0.1) is 0 Å². The molecule has 0 N–H and O–H groups in total. The Balaban J connectivity index is 2.31. The van der Waals surface area contributed by atoms with Gasteiger partial charge in [0.15, 0.2) is 0 Å². The van der Waals surface area contributed by atoms with Crippen molar-refractivity contribution in [3.63, 3.8) is 0 Å². The van der Waals surface area contributed by atoms with E-state index in [0.717, 1.165) is 10.8 Å². The van der Waals surface area contributed by atoms with Crippen molar-refractivity contribution in [3.8, 4) is 5.75 Å². The van der Waals surface area contributed by atoms with Gasteiger partial charge in [0, 0.05) is 11.5 Å². The van der Waals surface area contributed by atoms with E-state index in [0.29, 0.717) is 16.7 Å². The molecule has 3 aromatic rings. The van der Waals surface area contributed by atoms with E-state index in [1.807, 2.05) is 44.2 Å². The zero-order valence-corrected chi connectivity index (χ0v) is 10.8. The molecule has 0 atom stereocenters. The van der Waals surface area contributed by atoms with Crippen molar-refractivity contribution in [1.29, 1.82) is 0 Å². The van der Waals surface area contributed by atoms with Crippen molar-refractivity contribution in [2.24, 2.45) is 0 Å². The van der Waals surface area contributed by atoms with Gasteiger partial charge in [0.25, 0.3) is 0 Å². The number of fused-ring (bicyclic) bond motifs is 3. The Hall–Kier alpha value is -2.29. The van der Waals surface area contributed by atoms with Gasteiger partial charge in [-0.2, -0.15) is 0 Å². The maximum atomic E-state index is 11.9. The highest BCUT2D eigenvalue weighted by Gasteiger charge is 2.08. The molecule has 2 aromatic carbocycles. The van der Waals surface area contributed by atoms with Gasteiger partial charge in [-0.1, -0.05) is 18.2 Å². The molecule has 0 fully saturated rings. The first-order valence-electron chi connectivity index (χ1n) is 6.27. The average molecular weight is 254 g/mol. The van der Waals surface area contributed by atoms with Crippen LogP contribution >= 0.6 is 0 Å². The van der Waals surface area contributed by atoms with Crippen LogP contribution in [0.3, 0.4) is 0 Å². The van der Waals surface area contributed by atoms with Crippen LogP contribution in [0.5, 0.6) is 5.75 Å². The van der Waals surface area contributed by atoms with Crippen LogP contribution in [0.2, 0.25) is 0 Å². The summed E-state index contributed by atoms with van der Waals surface area (Å²) in [5.74, 6) is 0.709. The molecule has 0 unspecified atom stereocenters. The van der Waals surface area contributed by atoms with Gasteiger partial charge < -0.3 is 9.15 Å². The third-order valence-corrected chi connectivity index (χ3v) is 2.96. The van der Waals surface area contributed by atoms with Crippen LogP contribution < -0.4 is 10.4 Å². The third kappa shape index (κ3) is 2.08. The van der Waals surface area contributed by atoms with Crippen LogP contribution in [0.1, 0.15) is 13.8 Å². The van der Waals surface area contributed by atoms with E-state index >= 15 is 0 Å². The summed E-state index contributed by atoms with van der Waals surface area (Å²) >= 11 is 0. The van der Waals surface area contributed by atoms with E-state index in [9.17, 15) is 4.79 Å². The molecule has 19 heavy (non-hydrogen) atoms. The SMILES string of the molecule is CC(C)Oc1ccc2c(c1)oc(=O)c1ccccc12. The van der Waals surface area contributed by atoms with Crippen molar-refractivity contribution < 1.29 is 9.15 Å². The molecule has 0 spiro atoms. The number of hydrogen-bond donors (Lipinski definition) is 0. The highest BCUT2D eigenvalue weighted by Crippen LogP contribution is 2.26. The molecular formula is C16H14O3. The fourth-order valence-electron chi connectivity index (χ4n) is 2.21. The maximum absolute atomic E-state index is 11.9. The summed E-state index contributed by atoms with van der Waals surface area (Å²) in [6.07, 6.45) is 0.0876. The molecule has 3 nitrogen and oxygen atoms in total.